The Morgan fingerprint density at radius 3 is 2.60 bits per heavy atom. The van der Waals surface area contributed by atoms with Crippen LogP contribution in [0.1, 0.15) is 54.5 Å². The molecule has 1 fully saturated rings. The number of nitrogens with zero attached hydrogens (tertiary/aromatic N) is 2. The van der Waals surface area contributed by atoms with Crippen LogP contribution in [0.4, 0.5) is 0 Å². The number of benzene rings is 2. The molecule has 1 saturated heterocycles. The van der Waals surface area contributed by atoms with E-state index in [4.69, 9.17) is 16.6 Å². The van der Waals surface area contributed by atoms with E-state index in [1.165, 1.54) is 11.1 Å². The van der Waals surface area contributed by atoms with Crippen molar-refractivity contribution in [1.29, 1.82) is 0 Å². The smallest absolute Gasteiger partial charge is 0.219 e. The first-order valence-corrected chi connectivity index (χ1v) is 10.8. The van der Waals surface area contributed by atoms with Crippen LogP contribution >= 0.6 is 11.6 Å². The van der Waals surface area contributed by atoms with E-state index in [0.717, 1.165) is 29.7 Å². The molecule has 2 N–H and O–H groups in total. The van der Waals surface area contributed by atoms with Gasteiger partial charge in [0.1, 0.15) is 11.4 Å². The zero-order valence-corrected chi connectivity index (χ0v) is 18.5. The predicted molar refractivity (Wildman–Crippen MR) is 120 cm³/mol. The maximum absolute atomic E-state index is 11.8. The number of carbonyl (C=O) groups is 1. The lowest BCUT2D eigenvalue weighted by atomic mass is 9.86. The minimum absolute atomic E-state index is 0.100. The van der Waals surface area contributed by atoms with E-state index in [0.29, 0.717) is 24.5 Å². The number of hydrogen-bond donors (Lipinski definition) is 2. The Kier molecular flexibility index (Phi) is 5.60. The van der Waals surface area contributed by atoms with E-state index in [1.54, 1.807) is 19.1 Å². The molecule has 2 aliphatic heterocycles. The SMILES string of the molecule is CC(=O)N1CCC2(CC1)N=C(c1ccc(C)cc1C)C[C@@H](c1cc(Cl)ccc1O)N2. The van der Waals surface area contributed by atoms with E-state index in [1.807, 2.05) is 11.0 Å². The van der Waals surface area contributed by atoms with Gasteiger partial charge >= 0.3 is 0 Å². The zero-order chi connectivity index (χ0) is 21.5. The zero-order valence-electron chi connectivity index (χ0n) is 17.7. The van der Waals surface area contributed by atoms with Crippen LogP contribution in [0.2, 0.25) is 5.02 Å². The molecule has 0 bridgehead atoms. The number of aliphatic imine (C=N–C) groups is 1. The number of rotatable bonds is 2. The lowest BCUT2D eigenvalue weighted by Gasteiger charge is -2.45. The topological polar surface area (TPSA) is 64.9 Å². The number of nitrogens with one attached hydrogen (secondary N) is 1. The molecule has 6 heteroatoms. The van der Waals surface area contributed by atoms with Gasteiger partial charge in [0, 0.05) is 61.6 Å². The lowest BCUT2D eigenvalue weighted by Crippen LogP contribution is -2.56. The standard InChI is InChI=1S/C24H28ClN3O2/c1-15-4-6-19(16(2)12-15)21-14-22(20-13-18(25)5-7-23(20)30)27-24(26-21)8-10-28(11-9-24)17(3)29/h4-7,12-13,22,27,30H,8-11,14H2,1-3H3/t22-/m0/s1. The number of aromatic hydroxyl groups is 1. The molecule has 2 heterocycles. The summed E-state index contributed by atoms with van der Waals surface area (Å²) < 4.78 is 0. The quantitative estimate of drug-likeness (QED) is 0.743. The third-order valence-corrected chi connectivity index (χ3v) is 6.52. The number of aryl methyl sites for hydroxylation is 2. The molecule has 5 nitrogen and oxygen atoms in total. The number of hydrogen-bond acceptors (Lipinski definition) is 4. The van der Waals surface area contributed by atoms with Crippen molar-refractivity contribution < 1.29 is 9.90 Å². The fraction of sp³-hybridized carbons (Fsp3) is 0.417. The van der Waals surface area contributed by atoms with Crippen LogP contribution in [-0.4, -0.2) is 40.4 Å². The third-order valence-electron chi connectivity index (χ3n) is 6.28. The number of phenols is 1. The highest BCUT2D eigenvalue weighted by Crippen LogP contribution is 2.38. The van der Waals surface area contributed by atoms with Gasteiger partial charge in [-0.15, -0.1) is 0 Å². The highest BCUT2D eigenvalue weighted by molar-refractivity contribution is 6.30. The Balaban J connectivity index is 1.75. The van der Waals surface area contributed by atoms with Crippen molar-refractivity contribution in [3.05, 3.63) is 63.7 Å². The summed E-state index contributed by atoms with van der Waals surface area (Å²) in [4.78, 5) is 18.9. The van der Waals surface area contributed by atoms with Crippen LogP contribution in [-0.2, 0) is 4.79 Å². The fourth-order valence-corrected chi connectivity index (χ4v) is 4.83. The summed E-state index contributed by atoms with van der Waals surface area (Å²) in [6, 6.07) is 11.5. The average Bonchev–Trinajstić information content (AvgIpc) is 2.69. The van der Waals surface area contributed by atoms with Crippen molar-refractivity contribution >= 4 is 23.2 Å². The molecule has 0 aromatic heterocycles. The Labute approximate surface area is 182 Å². The summed E-state index contributed by atoms with van der Waals surface area (Å²) in [6.07, 6.45) is 2.13. The molecule has 1 spiro atoms. The van der Waals surface area contributed by atoms with Crippen molar-refractivity contribution in [1.82, 2.24) is 10.2 Å². The minimum atomic E-state index is -0.462. The highest BCUT2D eigenvalue weighted by atomic mass is 35.5. The number of amides is 1. The van der Waals surface area contributed by atoms with Gasteiger partial charge in [-0.3, -0.25) is 15.1 Å². The predicted octanol–water partition coefficient (Wildman–Crippen LogP) is 4.52. The van der Waals surface area contributed by atoms with Gasteiger partial charge in [-0.2, -0.15) is 0 Å². The minimum Gasteiger partial charge on any atom is -0.508 e. The van der Waals surface area contributed by atoms with Gasteiger partial charge in [-0.05, 0) is 43.2 Å². The molecule has 2 aromatic carbocycles. The first-order valence-electron chi connectivity index (χ1n) is 10.4. The van der Waals surface area contributed by atoms with Crippen LogP contribution in [0.3, 0.4) is 0 Å². The molecule has 2 aromatic rings. The van der Waals surface area contributed by atoms with E-state index in [2.05, 4.69) is 37.4 Å². The number of halogens is 1. The molecule has 0 aliphatic carbocycles. The van der Waals surface area contributed by atoms with Gasteiger partial charge in [0.05, 0.1) is 0 Å². The molecule has 158 valence electrons. The second kappa shape index (κ2) is 8.05. The fourth-order valence-electron chi connectivity index (χ4n) is 4.65. The van der Waals surface area contributed by atoms with Crippen molar-refractivity contribution in [2.24, 2.45) is 4.99 Å². The molecule has 2 aliphatic rings. The molecule has 0 radical (unpaired) electrons. The van der Waals surface area contributed by atoms with Crippen LogP contribution in [0, 0.1) is 13.8 Å². The summed E-state index contributed by atoms with van der Waals surface area (Å²) in [5, 5.41) is 14.8. The van der Waals surface area contributed by atoms with Crippen molar-refractivity contribution in [3.63, 3.8) is 0 Å². The Morgan fingerprint density at radius 1 is 1.20 bits per heavy atom. The number of carbonyl (C=O) groups excluding carboxylic acids is 1. The van der Waals surface area contributed by atoms with Gasteiger partial charge in [0.25, 0.3) is 0 Å². The van der Waals surface area contributed by atoms with Crippen LogP contribution in [0.25, 0.3) is 0 Å². The summed E-state index contributed by atoms with van der Waals surface area (Å²) in [6.45, 7) is 7.15. The molecule has 4 rings (SSSR count). The van der Waals surface area contributed by atoms with Crippen LogP contribution < -0.4 is 5.32 Å². The van der Waals surface area contributed by atoms with Gasteiger partial charge in [-0.1, -0.05) is 35.4 Å². The Hall–Kier alpha value is -2.37. The average molecular weight is 426 g/mol. The number of phenolic OH excluding ortho intramolecular Hbond substituents is 1. The van der Waals surface area contributed by atoms with Crippen molar-refractivity contribution in [3.8, 4) is 5.75 Å². The highest BCUT2D eigenvalue weighted by Gasteiger charge is 2.41. The van der Waals surface area contributed by atoms with Gasteiger partial charge in [0.15, 0.2) is 0 Å². The lowest BCUT2D eigenvalue weighted by molar-refractivity contribution is -0.130. The summed E-state index contributed by atoms with van der Waals surface area (Å²) in [5.41, 5.74) is 4.92. The van der Waals surface area contributed by atoms with Gasteiger partial charge in [-0.25, -0.2) is 0 Å². The largest absolute Gasteiger partial charge is 0.508 e. The maximum atomic E-state index is 11.8. The Morgan fingerprint density at radius 2 is 1.93 bits per heavy atom. The van der Waals surface area contributed by atoms with E-state index in [-0.39, 0.29) is 17.7 Å². The normalized spacial score (nSPS) is 20.9. The van der Waals surface area contributed by atoms with Crippen molar-refractivity contribution in [2.75, 3.05) is 13.1 Å². The first kappa shape index (κ1) is 20.9. The summed E-state index contributed by atoms with van der Waals surface area (Å²) in [7, 11) is 0. The molecule has 30 heavy (non-hydrogen) atoms. The monoisotopic (exact) mass is 425 g/mol. The van der Waals surface area contributed by atoms with Crippen LogP contribution in [0.5, 0.6) is 5.75 Å². The molecular formula is C24H28ClN3O2. The molecule has 1 amide bonds. The second-order valence-electron chi connectivity index (χ2n) is 8.52. The van der Waals surface area contributed by atoms with E-state index >= 15 is 0 Å². The summed E-state index contributed by atoms with van der Waals surface area (Å²) in [5.74, 6) is 0.332. The van der Waals surface area contributed by atoms with Crippen molar-refractivity contribution in [2.45, 2.75) is 51.7 Å². The number of piperidine rings is 1. The maximum Gasteiger partial charge on any atom is 0.219 e. The molecule has 0 unspecified atom stereocenters. The second-order valence-corrected chi connectivity index (χ2v) is 8.96. The first-order chi connectivity index (χ1) is 14.3. The number of likely N-dealkylation sites (tertiary alicyclic amines) is 1. The molecule has 1 atom stereocenters. The summed E-state index contributed by atoms with van der Waals surface area (Å²) >= 11 is 6.25. The van der Waals surface area contributed by atoms with E-state index < -0.39 is 5.66 Å². The van der Waals surface area contributed by atoms with E-state index in [9.17, 15) is 9.90 Å². The van der Waals surface area contributed by atoms with Crippen LogP contribution in [0.15, 0.2) is 41.4 Å². The Bertz CT molecular complexity index is 1010. The van der Waals surface area contributed by atoms with Gasteiger partial charge < -0.3 is 10.0 Å². The third kappa shape index (κ3) is 4.09. The van der Waals surface area contributed by atoms with Gasteiger partial charge in [0.2, 0.25) is 5.91 Å². The molecule has 0 saturated carbocycles. The molecular weight excluding hydrogens is 398 g/mol.